The number of rotatable bonds is 3. The number of nitrogens with one attached hydrogen (secondary N) is 1. The number of aryl methyl sites for hydroxylation is 1. The molecule has 0 fully saturated rings. The number of hydrogen-bond donors (Lipinski definition) is 1. The fourth-order valence-electron chi connectivity index (χ4n) is 1.33. The second-order valence-electron chi connectivity index (χ2n) is 4.24. The van der Waals surface area contributed by atoms with Crippen molar-refractivity contribution >= 4 is 21.8 Å². The fraction of sp³-hybridized carbons (Fsp3) is 0.600. The average Bonchev–Trinajstić information content (AvgIpc) is 2.49. The van der Waals surface area contributed by atoms with Gasteiger partial charge in [-0.25, -0.2) is 0 Å². The van der Waals surface area contributed by atoms with Gasteiger partial charge in [-0.1, -0.05) is 13.8 Å². The van der Waals surface area contributed by atoms with Gasteiger partial charge in [-0.15, -0.1) is 0 Å². The zero-order chi connectivity index (χ0) is 14.1. The number of hydrogen-bond acceptors (Lipinski definition) is 2. The minimum absolute atomic E-state index is 0.207. The molecule has 0 atom stereocenters. The summed E-state index contributed by atoms with van der Waals surface area (Å²) in [6.07, 6.45) is -4.56. The smallest absolute Gasteiger partial charge is 0.350 e. The highest BCUT2D eigenvalue weighted by Gasteiger charge is 2.39. The van der Waals surface area contributed by atoms with Crippen LogP contribution in [0, 0.1) is 5.92 Å². The number of halogens is 4. The van der Waals surface area contributed by atoms with Crippen LogP contribution in [0.5, 0.6) is 0 Å². The highest BCUT2D eigenvalue weighted by molar-refractivity contribution is 9.10. The maximum absolute atomic E-state index is 12.7. The summed E-state index contributed by atoms with van der Waals surface area (Å²) in [5.41, 5.74) is -1.23. The van der Waals surface area contributed by atoms with Gasteiger partial charge in [-0.05, 0) is 21.8 Å². The summed E-state index contributed by atoms with van der Waals surface area (Å²) >= 11 is 2.78. The number of alkyl halides is 3. The van der Waals surface area contributed by atoms with E-state index in [0.717, 1.165) is 7.05 Å². The lowest BCUT2D eigenvalue weighted by molar-refractivity contribution is -0.144. The molecular formula is C10H13BrF3N3O. The van der Waals surface area contributed by atoms with Gasteiger partial charge in [0.25, 0.3) is 5.91 Å². The topological polar surface area (TPSA) is 46.9 Å². The van der Waals surface area contributed by atoms with Crippen molar-refractivity contribution in [2.75, 3.05) is 6.54 Å². The second-order valence-corrected chi connectivity index (χ2v) is 5.03. The molecule has 4 nitrogen and oxygen atoms in total. The second kappa shape index (κ2) is 5.29. The van der Waals surface area contributed by atoms with Crippen molar-refractivity contribution in [1.29, 1.82) is 0 Å². The molecule has 0 aliphatic rings. The van der Waals surface area contributed by atoms with Crippen LogP contribution in [-0.2, 0) is 13.2 Å². The third-order valence-corrected chi connectivity index (χ3v) is 2.90. The highest BCUT2D eigenvalue weighted by atomic mass is 79.9. The van der Waals surface area contributed by atoms with Crippen molar-refractivity contribution in [2.24, 2.45) is 13.0 Å². The first-order chi connectivity index (χ1) is 8.14. The summed E-state index contributed by atoms with van der Waals surface area (Å²) in [7, 11) is 1.15. The first-order valence-corrected chi connectivity index (χ1v) is 6.01. The van der Waals surface area contributed by atoms with E-state index < -0.39 is 17.8 Å². The molecule has 1 heterocycles. The Balaban J connectivity index is 3.02. The van der Waals surface area contributed by atoms with E-state index in [1.54, 1.807) is 0 Å². The van der Waals surface area contributed by atoms with E-state index in [0.29, 0.717) is 11.2 Å². The van der Waals surface area contributed by atoms with Gasteiger partial charge in [-0.2, -0.15) is 18.3 Å². The van der Waals surface area contributed by atoms with Gasteiger partial charge in [0.05, 0.1) is 4.47 Å². The Morgan fingerprint density at radius 3 is 2.44 bits per heavy atom. The minimum atomic E-state index is -4.56. The predicted octanol–water partition coefficient (Wildman–Crippen LogP) is 2.59. The normalized spacial score (nSPS) is 12.0. The molecule has 0 saturated heterocycles. The molecule has 0 spiro atoms. The van der Waals surface area contributed by atoms with E-state index in [1.165, 1.54) is 0 Å². The van der Waals surface area contributed by atoms with Crippen LogP contribution < -0.4 is 5.32 Å². The van der Waals surface area contributed by atoms with Gasteiger partial charge >= 0.3 is 6.18 Å². The van der Waals surface area contributed by atoms with Crippen molar-refractivity contribution < 1.29 is 18.0 Å². The molecule has 8 heteroatoms. The number of aromatic nitrogens is 2. The Bertz CT molecular complexity index is 454. The Morgan fingerprint density at radius 1 is 1.50 bits per heavy atom. The van der Waals surface area contributed by atoms with E-state index in [9.17, 15) is 18.0 Å². The van der Waals surface area contributed by atoms with Crippen molar-refractivity contribution in [3.63, 3.8) is 0 Å². The minimum Gasteiger partial charge on any atom is -0.350 e. The molecular weight excluding hydrogens is 315 g/mol. The average molecular weight is 328 g/mol. The SMILES string of the molecule is CC(C)CNC(=O)c1nn(C)c(C(F)(F)F)c1Br. The number of carbonyl (C=O) groups excluding carboxylic acids is 1. The molecule has 1 aromatic heterocycles. The van der Waals surface area contributed by atoms with Crippen LogP contribution in [0.15, 0.2) is 4.47 Å². The number of amides is 1. The molecule has 0 radical (unpaired) electrons. The number of carbonyl (C=O) groups is 1. The Labute approximate surface area is 111 Å². The van der Waals surface area contributed by atoms with Crippen LogP contribution >= 0.6 is 15.9 Å². The first kappa shape index (κ1) is 15.0. The molecule has 0 aliphatic heterocycles. The van der Waals surface area contributed by atoms with E-state index >= 15 is 0 Å². The van der Waals surface area contributed by atoms with Gasteiger partial charge in [0, 0.05) is 13.6 Å². The van der Waals surface area contributed by atoms with Crippen molar-refractivity contribution in [3.8, 4) is 0 Å². The zero-order valence-electron chi connectivity index (χ0n) is 10.1. The Hall–Kier alpha value is -1.05. The van der Waals surface area contributed by atoms with Crippen LogP contribution in [-0.4, -0.2) is 22.2 Å². The lowest BCUT2D eigenvalue weighted by Crippen LogP contribution is -2.28. The van der Waals surface area contributed by atoms with Crippen molar-refractivity contribution in [1.82, 2.24) is 15.1 Å². The molecule has 18 heavy (non-hydrogen) atoms. The molecule has 0 bridgehead atoms. The van der Waals surface area contributed by atoms with E-state index in [4.69, 9.17) is 0 Å². The summed E-state index contributed by atoms with van der Waals surface area (Å²) in [6, 6.07) is 0. The third kappa shape index (κ3) is 3.24. The first-order valence-electron chi connectivity index (χ1n) is 5.22. The summed E-state index contributed by atoms with van der Waals surface area (Å²) in [6.45, 7) is 4.15. The summed E-state index contributed by atoms with van der Waals surface area (Å²) in [5, 5.41) is 6.11. The Morgan fingerprint density at radius 2 is 2.06 bits per heavy atom. The molecule has 1 rings (SSSR count). The van der Waals surface area contributed by atoms with Gasteiger partial charge < -0.3 is 5.32 Å². The molecule has 1 N–H and O–H groups in total. The van der Waals surface area contributed by atoms with Crippen LogP contribution in [0.4, 0.5) is 13.2 Å². The summed E-state index contributed by atoms with van der Waals surface area (Å²) < 4.78 is 38.3. The lowest BCUT2D eigenvalue weighted by Gasteiger charge is -2.07. The third-order valence-electron chi connectivity index (χ3n) is 2.14. The van der Waals surface area contributed by atoms with Crippen LogP contribution in [0.1, 0.15) is 30.0 Å². The predicted molar refractivity (Wildman–Crippen MR) is 63.1 cm³/mol. The molecule has 0 unspecified atom stereocenters. The molecule has 1 amide bonds. The maximum Gasteiger partial charge on any atom is 0.434 e. The molecule has 1 aromatic rings. The highest BCUT2D eigenvalue weighted by Crippen LogP contribution is 2.36. The Kier molecular flexibility index (Phi) is 4.41. The van der Waals surface area contributed by atoms with Crippen LogP contribution in [0.25, 0.3) is 0 Å². The fourth-order valence-corrected chi connectivity index (χ4v) is 2.07. The van der Waals surface area contributed by atoms with Gasteiger partial charge in [0.1, 0.15) is 0 Å². The van der Waals surface area contributed by atoms with Gasteiger partial charge in [-0.3, -0.25) is 9.48 Å². The lowest BCUT2D eigenvalue weighted by atomic mass is 10.2. The molecule has 0 aliphatic carbocycles. The number of nitrogens with zero attached hydrogens (tertiary/aromatic N) is 2. The van der Waals surface area contributed by atoms with Crippen LogP contribution in [0.2, 0.25) is 0 Å². The molecule has 0 aromatic carbocycles. The molecule has 102 valence electrons. The van der Waals surface area contributed by atoms with Gasteiger partial charge in [0.2, 0.25) is 0 Å². The van der Waals surface area contributed by atoms with Gasteiger partial charge in [0.15, 0.2) is 11.4 Å². The zero-order valence-corrected chi connectivity index (χ0v) is 11.7. The summed E-state index contributed by atoms with van der Waals surface area (Å²) in [4.78, 5) is 11.7. The van der Waals surface area contributed by atoms with Crippen LogP contribution in [0.3, 0.4) is 0 Å². The molecule has 0 saturated carbocycles. The van der Waals surface area contributed by atoms with Crippen molar-refractivity contribution in [3.05, 3.63) is 15.9 Å². The van der Waals surface area contributed by atoms with E-state index in [-0.39, 0.29) is 16.1 Å². The monoisotopic (exact) mass is 327 g/mol. The quantitative estimate of drug-likeness (QED) is 0.927. The standard InChI is InChI=1S/C10H13BrF3N3O/c1-5(2)4-15-9(18)7-6(11)8(10(12,13)14)17(3)16-7/h5H,4H2,1-3H3,(H,15,18). The largest absolute Gasteiger partial charge is 0.434 e. The van der Waals surface area contributed by atoms with E-state index in [2.05, 4.69) is 26.3 Å². The maximum atomic E-state index is 12.7. The summed E-state index contributed by atoms with van der Waals surface area (Å²) in [5.74, 6) is -0.416. The van der Waals surface area contributed by atoms with E-state index in [1.807, 2.05) is 13.8 Å². The van der Waals surface area contributed by atoms with Crippen molar-refractivity contribution in [2.45, 2.75) is 20.0 Å².